The van der Waals surface area contributed by atoms with E-state index in [2.05, 4.69) is 10.3 Å². The molecule has 0 saturated heterocycles. The molecule has 0 spiro atoms. The van der Waals surface area contributed by atoms with Crippen LogP contribution in [0.2, 0.25) is 5.02 Å². The summed E-state index contributed by atoms with van der Waals surface area (Å²) in [5.74, 6) is -0.133. The van der Waals surface area contributed by atoms with Crippen molar-refractivity contribution in [3.63, 3.8) is 0 Å². The van der Waals surface area contributed by atoms with Crippen LogP contribution in [-0.2, 0) is 9.59 Å². The van der Waals surface area contributed by atoms with Crippen LogP contribution in [0.1, 0.15) is 0 Å². The van der Waals surface area contributed by atoms with Gasteiger partial charge in [-0.25, -0.2) is 4.98 Å². The molecule has 0 unspecified atom stereocenters. The number of fused-ring (bicyclic) bond motifs is 1. The molecule has 1 N–H and O–H groups in total. The number of amides is 2. The first-order valence-corrected chi connectivity index (χ1v) is 7.94. The third-order valence-electron chi connectivity index (χ3n) is 3.12. The molecule has 0 atom stereocenters. The van der Waals surface area contributed by atoms with Gasteiger partial charge in [0.05, 0.1) is 22.2 Å². The number of carbonyl (C=O) groups excluding carboxylic acids is 2. The molecule has 2 aromatic rings. The molecule has 5 nitrogen and oxygen atoms in total. The maximum absolute atomic E-state index is 12.2. The molecule has 1 aromatic heterocycles. The average Bonchev–Trinajstić information content (AvgIpc) is 2.52. The number of nitrogens with zero attached hydrogens (tertiary/aromatic N) is 2. The Morgan fingerprint density at radius 3 is 2.95 bits per heavy atom. The minimum absolute atomic E-state index is 0.0662. The predicted molar refractivity (Wildman–Crippen MR) is 87.4 cm³/mol. The highest BCUT2D eigenvalue weighted by atomic mass is 35.5. The highest BCUT2D eigenvalue weighted by Gasteiger charge is 2.27. The Hall–Kier alpha value is -2.05. The van der Waals surface area contributed by atoms with Crippen LogP contribution in [0.15, 0.2) is 47.6 Å². The summed E-state index contributed by atoms with van der Waals surface area (Å²) in [6.45, 7) is -0.0662. The Morgan fingerprint density at radius 2 is 2.14 bits per heavy atom. The minimum atomic E-state index is -0.303. The number of halogens is 1. The van der Waals surface area contributed by atoms with E-state index in [-0.39, 0.29) is 24.1 Å². The average molecular weight is 334 g/mol. The molecule has 0 saturated carbocycles. The van der Waals surface area contributed by atoms with Gasteiger partial charge >= 0.3 is 0 Å². The third-order valence-corrected chi connectivity index (χ3v) is 4.43. The molecule has 0 fully saturated rings. The minimum Gasteiger partial charge on any atom is -0.323 e. The second-order valence-electron chi connectivity index (χ2n) is 4.62. The molecule has 3 rings (SSSR count). The Balaban J connectivity index is 1.77. The van der Waals surface area contributed by atoms with E-state index in [1.807, 2.05) is 0 Å². The van der Waals surface area contributed by atoms with Crippen LogP contribution in [0.5, 0.6) is 0 Å². The number of nitrogens with one attached hydrogen (secondary N) is 1. The lowest BCUT2D eigenvalue weighted by atomic mass is 10.3. The number of anilines is 2. The van der Waals surface area contributed by atoms with Crippen molar-refractivity contribution in [2.75, 3.05) is 22.5 Å². The summed E-state index contributed by atoms with van der Waals surface area (Å²) in [7, 11) is 0. The fraction of sp³-hybridized carbons (Fsp3) is 0.133. The second-order valence-corrected chi connectivity index (χ2v) is 6.00. The number of carbonyl (C=O) groups is 2. The van der Waals surface area contributed by atoms with Crippen molar-refractivity contribution in [3.8, 4) is 0 Å². The number of hydrogen-bond donors (Lipinski definition) is 1. The zero-order valence-corrected chi connectivity index (χ0v) is 13.0. The topological polar surface area (TPSA) is 62.3 Å². The molecule has 0 radical (unpaired) electrons. The van der Waals surface area contributed by atoms with E-state index < -0.39 is 0 Å². The van der Waals surface area contributed by atoms with E-state index in [9.17, 15) is 9.59 Å². The molecule has 1 aliphatic heterocycles. The Kier molecular flexibility index (Phi) is 4.31. The summed E-state index contributed by atoms with van der Waals surface area (Å²) >= 11 is 7.39. The predicted octanol–water partition coefficient (Wildman–Crippen LogP) is 2.81. The van der Waals surface area contributed by atoms with Crippen LogP contribution in [0.3, 0.4) is 0 Å². The van der Waals surface area contributed by atoms with Crippen molar-refractivity contribution in [2.45, 2.75) is 5.03 Å². The maximum Gasteiger partial charge on any atom is 0.244 e. The van der Waals surface area contributed by atoms with E-state index in [0.29, 0.717) is 16.4 Å². The van der Waals surface area contributed by atoms with Crippen LogP contribution in [0.4, 0.5) is 11.4 Å². The zero-order chi connectivity index (χ0) is 15.5. The van der Waals surface area contributed by atoms with E-state index in [1.165, 1.54) is 16.7 Å². The monoisotopic (exact) mass is 333 g/mol. The van der Waals surface area contributed by atoms with Gasteiger partial charge in [-0.05, 0) is 24.3 Å². The summed E-state index contributed by atoms with van der Waals surface area (Å²) in [6, 6.07) is 10.5. The van der Waals surface area contributed by atoms with E-state index in [4.69, 9.17) is 11.6 Å². The van der Waals surface area contributed by atoms with Crippen LogP contribution < -0.4 is 10.2 Å². The fourth-order valence-electron chi connectivity index (χ4n) is 2.11. The van der Waals surface area contributed by atoms with E-state index in [0.717, 1.165) is 5.03 Å². The summed E-state index contributed by atoms with van der Waals surface area (Å²) in [6.07, 6.45) is 1.67. The quantitative estimate of drug-likeness (QED) is 0.938. The van der Waals surface area contributed by atoms with Gasteiger partial charge in [-0.3, -0.25) is 14.5 Å². The van der Waals surface area contributed by atoms with Gasteiger partial charge in [0.2, 0.25) is 11.8 Å². The van der Waals surface area contributed by atoms with Crippen LogP contribution in [0, 0.1) is 0 Å². The normalized spacial score (nSPS) is 13.7. The van der Waals surface area contributed by atoms with Gasteiger partial charge in [0.25, 0.3) is 0 Å². The van der Waals surface area contributed by atoms with Crippen molar-refractivity contribution in [3.05, 3.63) is 47.6 Å². The molecule has 0 bridgehead atoms. The number of pyridine rings is 1. The smallest absolute Gasteiger partial charge is 0.244 e. The molecule has 1 aliphatic rings. The SMILES string of the molecule is O=C(CN1C(=O)CSc2ncccc21)Nc1ccccc1Cl. The van der Waals surface area contributed by atoms with Crippen LogP contribution in [-0.4, -0.2) is 29.1 Å². The molecule has 112 valence electrons. The summed E-state index contributed by atoms with van der Waals surface area (Å²) in [5, 5.41) is 3.93. The lowest BCUT2D eigenvalue weighted by molar-refractivity contribution is -0.120. The van der Waals surface area contributed by atoms with Crippen molar-refractivity contribution >= 4 is 46.6 Å². The number of aromatic nitrogens is 1. The summed E-state index contributed by atoms with van der Waals surface area (Å²) < 4.78 is 0. The number of thioether (sulfide) groups is 1. The highest BCUT2D eigenvalue weighted by molar-refractivity contribution is 8.00. The summed E-state index contributed by atoms with van der Waals surface area (Å²) in [5.41, 5.74) is 1.19. The van der Waals surface area contributed by atoms with E-state index >= 15 is 0 Å². The molecule has 2 heterocycles. The van der Waals surface area contributed by atoms with Gasteiger partial charge < -0.3 is 5.32 Å². The van der Waals surface area contributed by atoms with Crippen LogP contribution >= 0.6 is 23.4 Å². The van der Waals surface area contributed by atoms with Gasteiger partial charge in [0.1, 0.15) is 11.6 Å². The standard InChI is InChI=1S/C15H12ClN3O2S/c16-10-4-1-2-5-11(10)18-13(20)8-19-12-6-3-7-17-15(12)22-9-14(19)21/h1-7H,8-9H2,(H,18,20). The van der Waals surface area contributed by atoms with Gasteiger partial charge in [-0.1, -0.05) is 35.5 Å². The van der Waals surface area contributed by atoms with Crippen molar-refractivity contribution in [1.82, 2.24) is 4.98 Å². The fourth-order valence-corrected chi connectivity index (χ4v) is 3.17. The number of rotatable bonds is 3. The first-order valence-electron chi connectivity index (χ1n) is 6.58. The van der Waals surface area contributed by atoms with Crippen molar-refractivity contribution in [1.29, 1.82) is 0 Å². The summed E-state index contributed by atoms with van der Waals surface area (Å²) in [4.78, 5) is 30.0. The molecule has 0 aliphatic carbocycles. The Labute approximate surface area is 136 Å². The lowest BCUT2D eigenvalue weighted by Gasteiger charge is -2.27. The largest absolute Gasteiger partial charge is 0.323 e. The zero-order valence-electron chi connectivity index (χ0n) is 11.5. The molecular weight excluding hydrogens is 322 g/mol. The van der Waals surface area contributed by atoms with Gasteiger partial charge in [0.15, 0.2) is 0 Å². The lowest BCUT2D eigenvalue weighted by Crippen LogP contribution is -2.41. The second kappa shape index (κ2) is 6.37. The maximum atomic E-state index is 12.2. The molecule has 1 aromatic carbocycles. The molecule has 7 heteroatoms. The molecule has 22 heavy (non-hydrogen) atoms. The van der Waals surface area contributed by atoms with Crippen LogP contribution in [0.25, 0.3) is 0 Å². The first-order chi connectivity index (χ1) is 10.6. The highest BCUT2D eigenvalue weighted by Crippen LogP contribution is 2.32. The number of benzene rings is 1. The van der Waals surface area contributed by atoms with Crippen molar-refractivity contribution in [2.24, 2.45) is 0 Å². The Morgan fingerprint density at radius 1 is 1.32 bits per heavy atom. The molecule has 2 amide bonds. The van der Waals surface area contributed by atoms with E-state index in [1.54, 1.807) is 42.6 Å². The van der Waals surface area contributed by atoms with Gasteiger partial charge in [0, 0.05) is 6.20 Å². The number of para-hydroxylation sites is 1. The van der Waals surface area contributed by atoms with Gasteiger partial charge in [-0.15, -0.1) is 0 Å². The van der Waals surface area contributed by atoms with Crippen molar-refractivity contribution < 1.29 is 9.59 Å². The van der Waals surface area contributed by atoms with Gasteiger partial charge in [-0.2, -0.15) is 0 Å². The Bertz CT molecular complexity index is 738. The number of hydrogen-bond acceptors (Lipinski definition) is 4. The third kappa shape index (κ3) is 3.08. The first kappa shape index (κ1) is 14.9. The molecular formula is C15H12ClN3O2S.